The van der Waals surface area contributed by atoms with E-state index in [2.05, 4.69) is 10.3 Å². The number of sulfonamides is 1. The Balaban J connectivity index is 1.47. The number of carbonyl (C=O) groups excluding carboxylic acids is 1. The Kier molecular flexibility index (Phi) is 5.60. The molecule has 1 amide bonds. The zero-order chi connectivity index (χ0) is 20.3. The highest BCUT2D eigenvalue weighted by Gasteiger charge is 2.33. The highest BCUT2D eigenvalue weighted by atomic mass is 32.2. The molecule has 1 aromatic heterocycles. The molecule has 0 spiro atoms. The molecule has 0 bridgehead atoms. The summed E-state index contributed by atoms with van der Waals surface area (Å²) in [6.45, 7) is 0.968. The third-order valence-corrected chi connectivity index (χ3v) is 7.14. The first kappa shape index (κ1) is 19.5. The molecule has 6 nitrogen and oxygen atoms in total. The summed E-state index contributed by atoms with van der Waals surface area (Å²) in [6, 6.07) is 18.4. The number of benzene rings is 2. The van der Waals surface area contributed by atoms with Crippen molar-refractivity contribution in [2.45, 2.75) is 24.3 Å². The van der Waals surface area contributed by atoms with Crippen LogP contribution in [0, 0.1) is 5.92 Å². The lowest BCUT2D eigenvalue weighted by atomic mass is 9.99. The number of hydrogen-bond acceptors (Lipinski definition) is 4. The van der Waals surface area contributed by atoms with Crippen LogP contribution in [0.5, 0.6) is 0 Å². The van der Waals surface area contributed by atoms with Gasteiger partial charge < -0.3 is 5.32 Å². The average Bonchev–Trinajstić information content (AvgIpc) is 2.78. The van der Waals surface area contributed by atoms with E-state index in [-0.39, 0.29) is 23.3 Å². The first-order valence-electron chi connectivity index (χ1n) is 9.70. The van der Waals surface area contributed by atoms with Gasteiger partial charge in [0.2, 0.25) is 15.9 Å². The molecule has 1 atom stereocenters. The molecule has 1 aliphatic rings. The largest absolute Gasteiger partial charge is 0.350 e. The summed E-state index contributed by atoms with van der Waals surface area (Å²) in [4.78, 5) is 17.1. The lowest BCUT2D eigenvalue weighted by molar-refractivity contribution is -0.126. The van der Waals surface area contributed by atoms with Crippen LogP contribution in [0.25, 0.3) is 10.8 Å². The van der Waals surface area contributed by atoms with Gasteiger partial charge in [-0.2, -0.15) is 4.31 Å². The number of carbonyl (C=O) groups is 1. The Morgan fingerprint density at radius 1 is 1.07 bits per heavy atom. The minimum atomic E-state index is -3.65. The molecule has 150 valence electrons. The van der Waals surface area contributed by atoms with Gasteiger partial charge in [0.25, 0.3) is 0 Å². The molecule has 3 aromatic rings. The second-order valence-corrected chi connectivity index (χ2v) is 9.19. The molecule has 2 heterocycles. The number of nitrogens with zero attached hydrogens (tertiary/aromatic N) is 2. The predicted octanol–water partition coefficient (Wildman–Crippen LogP) is 2.95. The van der Waals surface area contributed by atoms with E-state index in [1.807, 2.05) is 48.5 Å². The van der Waals surface area contributed by atoms with Gasteiger partial charge in [-0.1, -0.05) is 36.4 Å². The maximum atomic E-state index is 13.2. The SMILES string of the molecule is O=C(NCc1ccccn1)C1CCCN(S(=O)(=O)c2ccc3ccccc3c2)C1. The molecule has 1 unspecified atom stereocenters. The van der Waals surface area contributed by atoms with Gasteiger partial charge in [0.05, 0.1) is 23.1 Å². The molecule has 29 heavy (non-hydrogen) atoms. The van der Waals surface area contributed by atoms with Crippen molar-refractivity contribution in [3.63, 3.8) is 0 Å². The second kappa shape index (κ2) is 8.31. The minimum Gasteiger partial charge on any atom is -0.350 e. The van der Waals surface area contributed by atoms with Gasteiger partial charge in [0.1, 0.15) is 0 Å². The number of rotatable bonds is 5. The van der Waals surface area contributed by atoms with E-state index in [0.717, 1.165) is 16.5 Å². The fraction of sp³-hybridized carbons (Fsp3) is 0.273. The summed E-state index contributed by atoms with van der Waals surface area (Å²) in [5, 5.41) is 4.76. The summed E-state index contributed by atoms with van der Waals surface area (Å²) >= 11 is 0. The van der Waals surface area contributed by atoms with Crippen molar-refractivity contribution in [1.82, 2.24) is 14.6 Å². The van der Waals surface area contributed by atoms with Gasteiger partial charge in [0.15, 0.2) is 0 Å². The number of aromatic nitrogens is 1. The van der Waals surface area contributed by atoms with Crippen molar-refractivity contribution in [2.24, 2.45) is 5.92 Å². The summed E-state index contributed by atoms with van der Waals surface area (Å²) in [7, 11) is -3.65. The Bertz CT molecular complexity index is 1120. The molecular formula is C22H23N3O3S. The van der Waals surface area contributed by atoms with Gasteiger partial charge in [-0.15, -0.1) is 0 Å². The summed E-state index contributed by atoms with van der Waals surface area (Å²) in [5.41, 5.74) is 0.775. The van der Waals surface area contributed by atoms with Crippen molar-refractivity contribution in [1.29, 1.82) is 0 Å². The number of hydrogen-bond donors (Lipinski definition) is 1. The topological polar surface area (TPSA) is 79.4 Å². The Morgan fingerprint density at radius 3 is 2.66 bits per heavy atom. The van der Waals surface area contributed by atoms with Crippen LogP contribution in [0.3, 0.4) is 0 Å². The number of fused-ring (bicyclic) bond motifs is 1. The Hall–Kier alpha value is -2.77. The highest BCUT2D eigenvalue weighted by Crippen LogP contribution is 2.26. The molecule has 0 radical (unpaired) electrons. The van der Waals surface area contributed by atoms with E-state index in [1.54, 1.807) is 18.3 Å². The number of pyridine rings is 1. The molecular weight excluding hydrogens is 386 g/mol. The van der Waals surface area contributed by atoms with Crippen LogP contribution in [0.15, 0.2) is 71.8 Å². The van der Waals surface area contributed by atoms with E-state index in [1.165, 1.54) is 4.31 Å². The molecule has 1 saturated heterocycles. The smallest absolute Gasteiger partial charge is 0.243 e. The van der Waals surface area contributed by atoms with Gasteiger partial charge in [-0.25, -0.2) is 8.42 Å². The predicted molar refractivity (Wildman–Crippen MR) is 112 cm³/mol. The van der Waals surface area contributed by atoms with Crippen LogP contribution < -0.4 is 5.32 Å². The standard InChI is InChI=1S/C22H23N3O3S/c26-22(24-15-20-9-3-4-12-23-20)19-8-5-13-25(16-19)29(27,28)21-11-10-17-6-1-2-7-18(17)14-21/h1-4,6-7,9-12,14,19H,5,8,13,15-16H2,(H,24,26). The maximum Gasteiger partial charge on any atom is 0.243 e. The molecule has 1 N–H and O–H groups in total. The van der Waals surface area contributed by atoms with Gasteiger partial charge in [-0.3, -0.25) is 9.78 Å². The van der Waals surface area contributed by atoms with Crippen LogP contribution in [-0.4, -0.2) is 36.7 Å². The molecule has 2 aromatic carbocycles. The lowest BCUT2D eigenvalue weighted by Crippen LogP contribution is -2.45. The number of nitrogens with one attached hydrogen (secondary N) is 1. The fourth-order valence-electron chi connectivity index (χ4n) is 3.68. The zero-order valence-electron chi connectivity index (χ0n) is 16.0. The monoisotopic (exact) mass is 409 g/mol. The van der Waals surface area contributed by atoms with Crippen LogP contribution in [0.1, 0.15) is 18.5 Å². The number of piperidine rings is 1. The zero-order valence-corrected chi connectivity index (χ0v) is 16.8. The van der Waals surface area contributed by atoms with Crippen molar-refractivity contribution in [2.75, 3.05) is 13.1 Å². The number of amides is 1. The molecule has 0 saturated carbocycles. The highest BCUT2D eigenvalue weighted by molar-refractivity contribution is 7.89. The summed E-state index contributed by atoms with van der Waals surface area (Å²) in [6.07, 6.45) is 3.02. The van der Waals surface area contributed by atoms with Crippen molar-refractivity contribution >= 4 is 26.7 Å². The normalized spacial score (nSPS) is 17.9. The average molecular weight is 410 g/mol. The Labute approximate surface area is 170 Å². The molecule has 7 heteroatoms. The first-order chi connectivity index (χ1) is 14.0. The van der Waals surface area contributed by atoms with Crippen LogP contribution >= 0.6 is 0 Å². The van der Waals surface area contributed by atoms with Crippen molar-refractivity contribution in [3.8, 4) is 0 Å². The van der Waals surface area contributed by atoms with Gasteiger partial charge in [0, 0.05) is 19.3 Å². The fourth-order valence-corrected chi connectivity index (χ4v) is 5.24. The van der Waals surface area contributed by atoms with Crippen LogP contribution in [0.2, 0.25) is 0 Å². The second-order valence-electron chi connectivity index (χ2n) is 7.25. The summed E-state index contributed by atoms with van der Waals surface area (Å²) in [5.74, 6) is -0.489. The van der Waals surface area contributed by atoms with Gasteiger partial charge >= 0.3 is 0 Å². The third kappa shape index (κ3) is 4.31. The molecule has 0 aliphatic carbocycles. The molecule has 4 rings (SSSR count). The van der Waals surface area contributed by atoms with Crippen LogP contribution in [0.4, 0.5) is 0 Å². The van der Waals surface area contributed by atoms with E-state index in [4.69, 9.17) is 0 Å². The van der Waals surface area contributed by atoms with Crippen molar-refractivity contribution in [3.05, 3.63) is 72.6 Å². The van der Waals surface area contributed by atoms with E-state index in [9.17, 15) is 13.2 Å². The third-order valence-electron chi connectivity index (χ3n) is 5.28. The summed E-state index contributed by atoms with van der Waals surface area (Å²) < 4.78 is 27.8. The van der Waals surface area contributed by atoms with Crippen LogP contribution in [-0.2, 0) is 21.4 Å². The quantitative estimate of drug-likeness (QED) is 0.703. The Morgan fingerprint density at radius 2 is 1.86 bits per heavy atom. The lowest BCUT2D eigenvalue weighted by Gasteiger charge is -2.31. The van der Waals surface area contributed by atoms with Crippen molar-refractivity contribution < 1.29 is 13.2 Å². The van der Waals surface area contributed by atoms with E-state index < -0.39 is 10.0 Å². The maximum absolute atomic E-state index is 13.2. The molecule has 1 aliphatic heterocycles. The minimum absolute atomic E-state index is 0.130. The molecule has 1 fully saturated rings. The van der Waals surface area contributed by atoms with E-state index >= 15 is 0 Å². The van der Waals surface area contributed by atoms with Gasteiger partial charge in [-0.05, 0) is 47.9 Å². The van der Waals surface area contributed by atoms with E-state index in [0.29, 0.717) is 25.9 Å². The first-order valence-corrected chi connectivity index (χ1v) is 11.1.